The molecule has 0 aromatic heterocycles. The molecule has 0 bridgehead atoms. The highest BCUT2D eigenvalue weighted by atomic mass is 16.5. The van der Waals surface area contributed by atoms with E-state index >= 15 is 0 Å². The van der Waals surface area contributed by atoms with Crippen molar-refractivity contribution in [3.63, 3.8) is 0 Å². The minimum atomic E-state index is -0.853. The van der Waals surface area contributed by atoms with Gasteiger partial charge >= 0.3 is 5.97 Å². The van der Waals surface area contributed by atoms with E-state index in [9.17, 15) is 9.59 Å². The number of carbonyl (C=O) groups excluding carboxylic acids is 2. The molecule has 1 atom stereocenters. The van der Waals surface area contributed by atoms with E-state index in [1.54, 1.807) is 26.1 Å². The summed E-state index contributed by atoms with van der Waals surface area (Å²) < 4.78 is 5.32. The fraction of sp³-hybridized carbons (Fsp3) is 0.263. The first kappa shape index (κ1) is 16.7. The summed E-state index contributed by atoms with van der Waals surface area (Å²) in [6.07, 6.45) is -0.853. The monoisotopic (exact) mass is 311 g/mol. The first-order chi connectivity index (χ1) is 10.9. The van der Waals surface area contributed by atoms with Crippen LogP contribution in [-0.2, 0) is 9.53 Å². The van der Waals surface area contributed by atoms with E-state index in [1.165, 1.54) is 4.90 Å². The lowest BCUT2D eigenvalue weighted by Crippen LogP contribution is -2.37. The van der Waals surface area contributed by atoms with E-state index in [0.717, 1.165) is 16.8 Å². The number of likely N-dealkylation sites (N-methyl/N-ethyl adjacent to an activating group) is 1. The highest BCUT2D eigenvalue weighted by Gasteiger charge is 2.23. The zero-order valence-electron chi connectivity index (χ0n) is 13.9. The van der Waals surface area contributed by atoms with Crippen LogP contribution in [0.3, 0.4) is 0 Å². The lowest BCUT2D eigenvalue weighted by Gasteiger charge is -2.21. The van der Waals surface area contributed by atoms with Gasteiger partial charge in [0, 0.05) is 12.7 Å². The van der Waals surface area contributed by atoms with Crippen molar-refractivity contribution in [2.75, 3.05) is 11.9 Å². The van der Waals surface area contributed by atoms with Crippen molar-refractivity contribution >= 4 is 17.6 Å². The first-order valence-corrected chi connectivity index (χ1v) is 7.50. The fourth-order valence-corrected chi connectivity index (χ4v) is 2.42. The van der Waals surface area contributed by atoms with Crippen LogP contribution < -0.4 is 4.90 Å². The highest BCUT2D eigenvalue weighted by molar-refractivity contribution is 5.98. The molecule has 0 spiro atoms. The Morgan fingerprint density at radius 2 is 1.57 bits per heavy atom. The number of ether oxygens (including phenoxy) is 1. The van der Waals surface area contributed by atoms with Gasteiger partial charge in [-0.3, -0.25) is 4.79 Å². The quantitative estimate of drug-likeness (QED) is 0.812. The van der Waals surface area contributed by atoms with Crippen LogP contribution in [0.25, 0.3) is 0 Å². The number of para-hydroxylation sites is 1. The molecule has 0 radical (unpaired) electrons. The number of aryl methyl sites for hydroxylation is 2. The lowest BCUT2D eigenvalue weighted by molar-refractivity contribution is -0.126. The second-order valence-corrected chi connectivity index (χ2v) is 5.66. The summed E-state index contributed by atoms with van der Waals surface area (Å²) in [5.41, 5.74) is 3.19. The minimum Gasteiger partial charge on any atom is -0.449 e. The molecule has 0 saturated heterocycles. The van der Waals surface area contributed by atoms with Gasteiger partial charge in [-0.25, -0.2) is 4.79 Å². The van der Waals surface area contributed by atoms with Crippen molar-refractivity contribution in [2.45, 2.75) is 26.9 Å². The Balaban J connectivity index is 2.07. The van der Waals surface area contributed by atoms with E-state index in [-0.39, 0.29) is 5.91 Å². The molecule has 0 aliphatic carbocycles. The number of hydrogen-bond acceptors (Lipinski definition) is 3. The Kier molecular flexibility index (Phi) is 5.16. The Labute approximate surface area is 136 Å². The maximum absolute atomic E-state index is 12.4. The molecule has 0 aliphatic heterocycles. The maximum atomic E-state index is 12.4. The third kappa shape index (κ3) is 4.19. The lowest BCUT2D eigenvalue weighted by atomic mass is 10.1. The van der Waals surface area contributed by atoms with Crippen LogP contribution in [0.15, 0.2) is 48.5 Å². The van der Waals surface area contributed by atoms with Crippen molar-refractivity contribution in [2.24, 2.45) is 0 Å². The zero-order valence-corrected chi connectivity index (χ0v) is 13.9. The zero-order chi connectivity index (χ0) is 17.0. The minimum absolute atomic E-state index is 0.270. The Hall–Kier alpha value is -2.62. The van der Waals surface area contributed by atoms with Crippen molar-refractivity contribution in [3.8, 4) is 0 Å². The smallest absolute Gasteiger partial charge is 0.338 e. The average molecular weight is 311 g/mol. The second-order valence-electron chi connectivity index (χ2n) is 5.66. The number of benzene rings is 2. The van der Waals surface area contributed by atoms with Crippen LogP contribution in [0.5, 0.6) is 0 Å². The Morgan fingerprint density at radius 3 is 2.13 bits per heavy atom. The van der Waals surface area contributed by atoms with Crippen LogP contribution in [0, 0.1) is 13.8 Å². The molecular weight excluding hydrogens is 290 g/mol. The molecule has 4 nitrogen and oxygen atoms in total. The highest BCUT2D eigenvalue weighted by Crippen LogP contribution is 2.15. The van der Waals surface area contributed by atoms with E-state index in [1.807, 2.05) is 50.2 Å². The van der Waals surface area contributed by atoms with Crippen molar-refractivity contribution in [1.82, 2.24) is 0 Å². The average Bonchev–Trinajstić information content (AvgIpc) is 2.53. The molecule has 0 N–H and O–H groups in total. The molecule has 0 saturated carbocycles. The maximum Gasteiger partial charge on any atom is 0.338 e. The van der Waals surface area contributed by atoms with E-state index in [0.29, 0.717) is 5.56 Å². The fourth-order valence-electron chi connectivity index (χ4n) is 2.42. The summed E-state index contributed by atoms with van der Waals surface area (Å²) in [6, 6.07) is 14.7. The van der Waals surface area contributed by atoms with Crippen LogP contribution >= 0.6 is 0 Å². The summed E-state index contributed by atoms with van der Waals surface area (Å²) in [6.45, 7) is 5.42. The topological polar surface area (TPSA) is 46.6 Å². The van der Waals surface area contributed by atoms with Gasteiger partial charge in [-0.2, -0.15) is 0 Å². The molecule has 2 rings (SSSR count). The van der Waals surface area contributed by atoms with Gasteiger partial charge in [-0.05, 0) is 45.0 Å². The molecular formula is C19H21NO3. The SMILES string of the molecule is Cc1cc(C)cc(C(=O)O[C@H](C)C(=O)N(C)c2ccccc2)c1. The summed E-state index contributed by atoms with van der Waals surface area (Å²) in [4.78, 5) is 26.1. The van der Waals surface area contributed by atoms with E-state index in [4.69, 9.17) is 4.74 Å². The molecule has 4 heteroatoms. The van der Waals surface area contributed by atoms with Gasteiger partial charge in [0.2, 0.25) is 0 Å². The Morgan fingerprint density at radius 1 is 1.00 bits per heavy atom. The molecule has 0 fully saturated rings. The molecule has 120 valence electrons. The standard InChI is InChI=1S/C19H21NO3/c1-13-10-14(2)12-16(11-13)19(22)23-15(3)18(21)20(4)17-8-6-5-7-9-17/h5-12,15H,1-4H3/t15-/m1/s1. The second kappa shape index (κ2) is 7.09. The summed E-state index contributed by atoms with van der Waals surface area (Å²) in [7, 11) is 1.67. The molecule has 0 heterocycles. The van der Waals surface area contributed by atoms with Crippen LogP contribution in [-0.4, -0.2) is 25.0 Å². The van der Waals surface area contributed by atoms with Crippen LogP contribution in [0.4, 0.5) is 5.69 Å². The summed E-state index contributed by atoms with van der Waals surface area (Å²) >= 11 is 0. The molecule has 2 aromatic rings. The van der Waals surface area contributed by atoms with Gasteiger partial charge < -0.3 is 9.64 Å². The molecule has 2 aromatic carbocycles. The third-order valence-corrected chi connectivity index (χ3v) is 3.56. The largest absolute Gasteiger partial charge is 0.449 e. The van der Waals surface area contributed by atoms with Gasteiger partial charge in [-0.15, -0.1) is 0 Å². The number of carbonyl (C=O) groups is 2. The van der Waals surface area contributed by atoms with Gasteiger partial charge in [-0.1, -0.05) is 35.4 Å². The molecule has 23 heavy (non-hydrogen) atoms. The first-order valence-electron chi connectivity index (χ1n) is 7.50. The number of anilines is 1. The van der Waals surface area contributed by atoms with E-state index < -0.39 is 12.1 Å². The van der Waals surface area contributed by atoms with Gasteiger partial charge in [0.25, 0.3) is 5.91 Å². The number of amides is 1. The molecule has 0 unspecified atom stereocenters. The predicted octanol–water partition coefficient (Wildman–Crippen LogP) is 3.51. The number of hydrogen-bond donors (Lipinski definition) is 0. The normalized spacial score (nSPS) is 11.7. The number of esters is 1. The molecule has 1 amide bonds. The number of nitrogens with zero attached hydrogens (tertiary/aromatic N) is 1. The van der Waals surface area contributed by atoms with Gasteiger partial charge in [0.1, 0.15) is 0 Å². The van der Waals surface area contributed by atoms with Crippen molar-refractivity contribution in [3.05, 3.63) is 65.2 Å². The van der Waals surface area contributed by atoms with E-state index in [2.05, 4.69) is 0 Å². The molecule has 0 aliphatic rings. The van der Waals surface area contributed by atoms with Crippen molar-refractivity contribution in [1.29, 1.82) is 0 Å². The van der Waals surface area contributed by atoms with Gasteiger partial charge in [0.15, 0.2) is 6.10 Å². The van der Waals surface area contributed by atoms with Gasteiger partial charge in [0.05, 0.1) is 5.56 Å². The third-order valence-electron chi connectivity index (χ3n) is 3.56. The van der Waals surface area contributed by atoms with Crippen LogP contribution in [0.2, 0.25) is 0 Å². The summed E-state index contributed by atoms with van der Waals surface area (Å²) in [5.74, 6) is -0.756. The Bertz CT molecular complexity index is 690. The van der Waals surface area contributed by atoms with Crippen molar-refractivity contribution < 1.29 is 14.3 Å². The number of rotatable bonds is 4. The predicted molar refractivity (Wildman–Crippen MR) is 90.6 cm³/mol. The summed E-state index contributed by atoms with van der Waals surface area (Å²) in [5, 5.41) is 0. The van der Waals surface area contributed by atoms with Crippen LogP contribution in [0.1, 0.15) is 28.4 Å².